The molecule has 0 saturated carbocycles. The predicted molar refractivity (Wildman–Crippen MR) is 120 cm³/mol. The Morgan fingerprint density at radius 1 is 1.26 bits per heavy atom. The standard InChI is InChI=1S/C25H31N3O3/c1-5-27-25(29)22-14-28(15-22)13-20-7-8-23(10-18(20)4)30-16-19-6-9-24(31-17(2)3)21(11-19)12-26/h6-11,17,22H,5,13-16H2,1-4H3,(H,27,29). The van der Waals surface area contributed by atoms with Crippen LogP contribution >= 0.6 is 0 Å². The van der Waals surface area contributed by atoms with Gasteiger partial charge in [-0.25, -0.2) is 0 Å². The molecule has 1 saturated heterocycles. The summed E-state index contributed by atoms with van der Waals surface area (Å²) >= 11 is 0. The van der Waals surface area contributed by atoms with Crippen molar-refractivity contribution in [3.05, 3.63) is 58.7 Å². The average molecular weight is 422 g/mol. The highest BCUT2D eigenvalue weighted by atomic mass is 16.5. The first-order valence-corrected chi connectivity index (χ1v) is 10.8. The molecule has 0 aromatic heterocycles. The van der Waals surface area contributed by atoms with E-state index in [9.17, 15) is 10.1 Å². The highest BCUT2D eigenvalue weighted by Crippen LogP contribution is 2.25. The van der Waals surface area contributed by atoms with Gasteiger partial charge in [0.2, 0.25) is 5.91 Å². The van der Waals surface area contributed by atoms with Gasteiger partial charge in [0, 0.05) is 26.2 Å². The van der Waals surface area contributed by atoms with Crippen LogP contribution in [0, 0.1) is 24.2 Å². The number of nitrogens with one attached hydrogen (secondary N) is 1. The van der Waals surface area contributed by atoms with E-state index in [-0.39, 0.29) is 17.9 Å². The van der Waals surface area contributed by atoms with Crippen molar-refractivity contribution in [2.24, 2.45) is 5.92 Å². The number of aryl methyl sites for hydroxylation is 1. The molecule has 0 bridgehead atoms. The third-order valence-corrected chi connectivity index (χ3v) is 5.32. The van der Waals surface area contributed by atoms with Gasteiger partial charge in [-0.2, -0.15) is 5.26 Å². The summed E-state index contributed by atoms with van der Waals surface area (Å²) in [4.78, 5) is 14.1. The van der Waals surface area contributed by atoms with E-state index in [1.54, 1.807) is 0 Å². The highest BCUT2D eigenvalue weighted by molar-refractivity contribution is 5.79. The molecule has 2 aromatic rings. The largest absolute Gasteiger partial charge is 0.490 e. The van der Waals surface area contributed by atoms with Crippen LogP contribution in [0.3, 0.4) is 0 Å². The van der Waals surface area contributed by atoms with Crippen LogP contribution in [0.15, 0.2) is 36.4 Å². The van der Waals surface area contributed by atoms with Gasteiger partial charge in [0.05, 0.1) is 17.6 Å². The van der Waals surface area contributed by atoms with Crippen LogP contribution in [-0.2, 0) is 17.9 Å². The van der Waals surface area contributed by atoms with Crippen LogP contribution in [-0.4, -0.2) is 36.5 Å². The molecule has 0 spiro atoms. The van der Waals surface area contributed by atoms with Gasteiger partial charge < -0.3 is 14.8 Å². The fraction of sp³-hybridized carbons (Fsp3) is 0.440. The zero-order valence-corrected chi connectivity index (χ0v) is 18.8. The van der Waals surface area contributed by atoms with Crippen LogP contribution in [0.5, 0.6) is 11.5 Å². The number of rotatable bonds is 9. The second-order valence-electron chi connectivity index (χ2n) is 8.27. The van der Waals surface area contributed by atoms with Crippen molar-refractivity contribution < 1.29 is 14.3 Å². The summed E-state index contributed by atoms with van der Waals surface area (Å²) in [5.74, 6) is 1.66. The monoisotopic (exact) mass is 421 g/mol. The number of carbonyl (C=O) groups excluding carboxylic acids is 1. The fourth-order valence-corrected chi connectivity index (χ4v) is 3.64. The van der Waals surface area contributed by atoms with Crippen molar-refractivity contribution in [3.63, 3.8) is 0 Å². The minimum Gasteiger partial charge on any atom is -0.490 e. The number of ether oxygens (including phenoxy) is 2. The summed E-state index contributed by atoms with van der Waals surface area (Å²) < 4.78 is 11.6. The number of benzene rings is 2. The molecule has 1 heterocycles. The Labute approximate surface area is 184 Å². The van der Waals surface area contributed by atoms with Gasteiger partial charge in [0.15, 0.2) is 0 Å². The molecule has 6 nitrogen and oxygen atoms in total. The van der Waals surface area contributed by atoms with Crippen LogP contribution in [0.1, 0.15) is 43.0 Å². The lowest BCUT2D eigenvalue weighted by molar-refractivity contribution is -0.130. The zero-order valence-electron chi connectivity index (χ0n) is 18.8. The third kappa shape index (κ3) is 5.99. The van der Waals surface area contributed by atoms with E-state index >= 15 is 0 Å². The van der Waals surface area contributed by atoms with Crippen molar-refractivity contribution in [3.8, 4) is 17.6 Å². The molecule has 0 aliphatic carbocycles. The van der Waals surface area contributed by atoms with Gasteiger partial charge >= 0.3 is 0 Å². The molecular weight excluding hydrogens is 390 g/mol. The van der Waals surface area contributed by atoms with Crippen LogP contribution in [0.25, 0.3) is 0 Å². The Morgan fingerprint density at radius 2 is 2.03 bits per heavy atom. The number of nitriles is 1. The van der Waals surface area contributed by atoms with Gasteiger partial charge in [-0.15, -0.1) is 0 Å². The van der Waals surface area contributed by atoms with Crippen molar-refractivity contribution in [2.75, 3.05) is 19.6 Å². The second kappa shape index (κ2) is 10.3. The number of likely N-dealkylation sites (tertiary alicyclic amines) is 1. The maximum absolute atomic E-state index is 11.9. The molecule has 1 amide bonds. The third-order valence-electron chi connectivity index (χ3n) is 5.32. The van der Waals surface area contributed by atoms with E-state index < -0.39 is 0 Å². The second-order valence-corrected chi connectivity index (χ2v) is 8.27. The Bertz CT molecular complexity index is 959. The van der Waals surface area contributed by atoms with E-state index in [0.29, 0.717) is 24.5 Å². The quantitative estimate of drug-likeness (QED) is 0.667. The van der Waals surface area contributed by atoms with Crippen molar-refractivity contribution in [2.45, 2.75) is 47.0 Å². The molecule has 164 valence electrons. The Hall–Kier alpha value is -3.04. The van der Waals surface area contributed by atoms with Gasteiger partial charge in [0.1, 0.15) is 24.2 Å². The smallest absolute Gasteiger partial charge is 0.225 e. The minimum atomic E-state index is 0.0198. The zero-order chi connectivity index (χ0) is 22.4. The van der Waals surface area contributed by atoms with Crippen molar-refractivity contribution in [1.82, 2.24) is 10.2 Å². The topological polar surface area (TPSA) is 74.6 Å². The van der Waals surface area contributed by atoms with E-state index in [1.165, 1.54) is 5.56 Å². The van der Waals surface area contributed by atoms with E-state index in [0.717, 1.165) is 36.5 Å². The molecule has 2 aromatic carbocycles. The molecule has 6 heteroatoms. The summed E-state index contributed by atoms with van der Waals surface area (Å²) in [5.41, 5.74) is 3.84. The molecule has 1 N–H and O–H groups in total. The molecule has 0 unspecified atom stereocenters. The first-order chi connectivity index (χ1) is 14.9. The lowest BCUT2D eigenvalue weighted by Gasteiger charge is -2.38. The fourth-order valence-electron chi connectivity index (χ4n) is 3.64. The van der Waals surface area contributed by atoms with Gasteiger partial charge in [-0.3, -0.25) is 9.69 Å². The maximum Gasteiger partial charge on any atom is 0.225 e. The van der Waals surface area contributed by atoms with Crippen LogP contribution < -0.4 is 14.8 Å². The maximum atomic E-state index is 11.9. The van der Waals surface area contributed by atoms with E-state index in [1.807, 2.05) is 51.1 Å². The number of amides is 1. The number of carbonyl (C=O) groups is 1. The molecule has 0 radical (unpaired) electrons. The Kier molecular flexibility index (Phi) is 7.54. The number of hydrogen-bond acceptors (Lipinski definition) is 5. The summed E-state index contributed by atoms with van der Waals surface area (Å²) in [5, 5.41) is 12.3. The predicted octanol–water partition coefficient (Wildman–Crippen LogP) is 3.80. The molecule has 1 fully saturated rings. The summed E-state index contributed by atoms with van der Waals surface area (Å²) in [7, 11) is 0. The van der Waals surface area contributed by atoms with Crippen LogP contribution in [0.2, 0.25) is 0 Å². The molecular formula is C25H31N3O3. The minimum absolute atomic E-state index is 0.0198. The van der Waals surface area contributed by atoms with Gasteiger partial charge in [-0.05, 0) is 68.7 Å². The summed E-state index contributed by atoms with van der Waals surface area (Å²) in [6, 6.07) is 13.9. The van der Waals surface area contributed by atoms with Crippen molar-refractivity contribution in [1.29, 1.82) is 5.26 Å². The summed E-state index contributed by atoms with van der Waals surface area (Å²) in [6.45, 7) is 11.4. The first kappa shape index (κ1) is 22.6. The molecule has 1 aliphatic heterocycles. The van der Waals surface area contributed by atoms with Crippen LogP contribution in [0.4, 0.5) is 0 Å². The van der Waals surface area contributed by atoms with E-state index in [4.69, 9.17) is 9.47 Å². The number of nitrogens with zero attached hydrogens (tertiary/aromatic N) is 2. The molecule has 0 atom stereocenters. The van der Waals surface area contributed by atoms with Crippen molar-refractivity contribution >= 4 is 5.91 Å². The summed E-state index contributed by atoms with van der Waals surface area (Å²) in [6.07, 6.45) is 0.0198. The van der Waals surface area contributed by atoms with Gasteiger partial charge in [-0.1, -0.05) is 12.1 Å². The molecule has 31 heavy (non-hydrogen) atoms. The highest BCUT2D eigenvalue weighted by Gasteiger charge is 2.32. The Morgan fingerprint density at radius 3 is 2.68 bits per heavy atom. The number of hydrogen-bond donors (Lipinski definition) is 1. The normalized spacial score (nSPS) is 14.1. The van der Waals surface area contributed by atoms with E-state index in [2.05, 4.69) is 29.3 Å². The molecule has 1 aliphatic rings. The first-order valence-electron chi connectivity index (χ1n) is 10.8. The average Bonchev–Trinajstić information content (AvgIpc) is 2.70. The Balaban J connectivity index is 1.54. The lowest BCUT2D eigenvalue weighted by Crippen LogP contribution is -2.53. The molecule has 3 rings (SSSR count). The SMILES string of the molecule is CCNC(=O)C1CN(Cc2ccc(OCc3ccc(OC(C)C)c(C#N)c3)cc2C)C1. The van der Waals surface area contributed by atoms with Gasteiger partial charge in [0.25, 0.3) is 0 Å². The lowest BCUT2D eigenvalue weighted by atomic mass is 9.97.